The zero-order chi connectivity index (χ0) is 21.9. The first-order valence-electron chi connectivity index (χ1n) is 11.2. The highest BCUT2D eigenvalue weighted by molar-refractivity contribution is 5.96. The first-order chi connectivity index (χ1) is 15.7. The summed E-state index contributed by atoms with van der Waals surface area (Å²) < 4.78 is 8.26. The lowest BCUT2D eigenvalue weighted by Gasteiger charge is -2.17. The number of anilines is 1. The second-order valence-electron chi connectivity index (χ2n) is 8.20. The number of fused-ring (bicyclic) bond motifs is 1. The van der Waals surface area contributed by atoms with Gasteiger partial charge >= 0.3 is 0 Å². The van der Waals surface area contributed by atoms with Crippen LogP contribution in [0.25, 0.3) is 11.0 Å². The fourth-order valence-electron chi connectivity index (χ4n) is 4.45. The van der Waals surface area contributed by atoms with Crippen molar-refractivity contribution in [1.82, 2.24) is 9.55 Å². The Hall–Kier alpha value is -3.60. The van der Waals surface area contributed by atoms with Crippen LogP contribution in [0.4, 0.5) is 5.69 Å². The molecule has 0 radical (unpaired) electrons. The highest BCUT2D eigenvalue weighted by Crippen LogP contribution is 2.33. The van der Waals surface area contributed by atoms with E-state index in [2.05, 4.69) is 29.7 Å². The van der Waals surface area contributed by atoms with Gasteiger partial charge in [0.1, 0.15) is 18.2 Å². The highest BCUT2D eigenvalue weighted by atomic mass is 16.5. The molecule has 0 aliphatic carbocycles. The summed E-state index contributed by atoms with van der Waals surface area (Å²) in [7, 11) is 0. The van der Waals surface area contributed by atoms with Crippen molar-refractivity contribution in [2.45, 2.75) is 32.2 Å². The summed E-state index contributed by atoms with van der Waals surface area (Å²) in [4.78, 5) is 19.6. The third-order valence-corrected chi connectivity index (χ3v) is 6.16. The van der Waals surface area contributed by atoms with Crippen molar-refractivity contribution in [3.63, 3.8) is 0 Å². The summed E-state index contributed by atoms with van der Waals surface area (Å²) in [5, 5.41) is 0. The van der Waals surface area contributed by atoms with Crippen LogP contribution in [0.2, 0.25) is 0 Å². The van der Waals surface area contributed by atoms with Crippen molar-refractivity contribution in [1.29, 1.82) is 0 Å². The van der Waals surface area contributed by atoms with Gasteiger partial charge in [0.2, 0.25) is 5.91 Å². The molecule has 1 unspecified atom stereocenters. The molecule has 4 aromatic rings. The first-order valence-corrected chi connectivity index (χ1v) is 11.2. The lowest BCUT2D eigenvalue weighted by atomic mass is 10.1. The number of rotatable bonds is 7. The number of ether oxygens (including phenoxy) is 1. The summed E-state index contributed by atoms with van der Waals surface area (Å²) >= 11 is 0. The molecule has 0 bridgehead atoms. The zero-order valence-electron chi connectivity index (χ0n) is 18.3. The van der Waals surface area contributed by atoms with Crippen LogP contribution in [0.15, 0.2) is 78.9 Å². The standard InChI is InChI=1S/C27H27N3O2/c1-2-20-12-14-23(15-13-20)32-17-16-29-25-11-7-6-10-24(25)28-27(29)21-18-26(31)30(19-21)22-8-4-3-5-9-22/h3-15,21H,2,16-19H2,1H3. The highest BCUT2D eigenvalue weighted by Gasteiger charge is 2.34. The van der Waals surface area contributed by atoms with Crippen molar-refractivity contribution in [2.24, 2.45) is 0 Å². The Kier molecular flexibility index (Phi) is 5.63. The Morgan fingerprint density at radius 1 is 0.969 bits per heavy atom. The lowest BCUT2D eigenvalue weighted by molar-refractivity contribution is -0.117. The fraction of sp³-hybridized carbons (Fsp3) is 0.259. The van der Waals surface area contributed by atoms with Crippen LogP contribution in [0, 0.1) is 0 Å². The van der Waals surface area contributed by atoms with E-state index in [1.54, 1.807) is 0 Å². The summed E-state index contributed by atoms with van der Waals surface area (Å²) in [6.07, 6.45) is 1.49. The second kappa shape index (κ2) is 8.87. The molecule has 2 heterocycles. The predicted molar refractivity (Wildman–Crippen MR) is 127 cm³/mol. The van der Waals surface area contributed by atoms with E-state index in [9.17, 15) is 4.79 Å². The number of hydrogen-bond acceptors (Lipinski definition) is 3. The van der Waals surface area contributed by atoms with Gasteiger partial charge in [0, 0.05) is 24.6 Å². The Morgan fingerprint density at radius 2 is 1.72 bits per heavy atom. The van der Waals surface area contributed by atoms with Crippen LogP contribution >= 0.6 is 0 Å². The van der Waals surface area contributed by atoms with Crippen molar-refractivity contribution < 1.29 is 9.53 Å². The number of aromatic nitrogens is 2. The SMILES string of the molecule is CCc1ccc(OCCn2c(C3CC(=O)N(c4ccccc4)C3)nc3ccccc32)cc1. The molecule has 1 fully saturated rings. The van der Waals surface area contributed by atoms with E-state index in [1.165, 1.54) is 5.56 Å². The van der Waals surface area contributed by atoms with E-state index in [1.807, 2.05) is 65.6 Å². The number of nitrogens with zero attached hydrogens (tertiary/aromatic N) is 3. The van der Waals surface area contributed by atoms with Gasteiger partial charge in [0.05, 0.1) is 17.6 Å². The summed E-state index contributed by atoms with van der Waals surface area (Å²) in [5.41, 5.74) is 4.29. The maximum absolute atomic E-state index is 12.8. The van der Waals surface area contributed by atoms with Crippen LogP contribution in [0.1, 0.15) is 30.7 Å². The quantitative estimate of drug-likeness (QED) is 0.409. The zero-order valence-corrected chi connectivity index (χ0v) is 18.3. The average molecular weight is 426 g/mol. The van der Waals surface area contributed by atoms with E-state index in [0.29, 0.717) is 26.1 Å². The maximum atomic E-state index is 12.8. The fourth-order valence-corrected chi connectivity index (χ4v) is 4.45. The molecular weight excluding hydrogens is 398 g/mol. The van der Waals surface area contributed by atoms with E-state index >= 15 is 0 Å². The summed E-state index contributed by atoms with van der Waals surface area (Å²) in [6.45, 7) is 4.02. The Morgan fingerprint density at radius 3 is 2.50 bits per heavy atom. The molecule has 1 saturated heterocycles. The number of amides is 1. The van der Waals surface area contributed by atoms with Gasteiger partial charge in [0.25, 0.3) is 0 Å². The minimum absolute atomic E-state index is 0.0546. The van der Waals surface area contributed by atoms with Crippen molar-refractivity contribution >= 4 is 22.6 Å². The largest absolute Gasteiger partial charge is 0.492 e. The first kappa shape index (κ1) is 20.3. The molecule has 5 heteroatoms. The molecule has 5 nitrogen and oxygen atoms in total. The van der Waals surface area contributed by atoms with Gasteiger partial charge in [-0.15, -0.1) is 0 Å². The lowest BCUT2D eigenvalue weighted by Crippen LogP contribution is -2.24. The van der Waals surface area contributed by atoms with Crippen molar-refractivity contribution in [3.8, 4) is 5.75 Å². The molecule has 1 aromatic heterocycles. The smallest absolute Gasteiger partial charge is 0.227 e. The van der Waals surface area contributed by atoms with Gasteiger partial charge < -0.3 is 14.2 Å². The molecule has 3 aromatic carbocycles. The molecule has 1 aliphatic heterocycles. The van der Waals surface area contributed by atoms with Crippen LogP contribution < -0.4 is 9.64 Å². The molecule has 1 amide bonds. The molecule has 5 rings (SSSR count). The minimum atomic E-state index is 0.0546. The second-order valence-corrected chi connectivity index (χ2v) is 8.20. The number of aryl methyl sites for hydroxylation is 1. The van der Waals surface area contributed by atoms with Crippen molar-refractivity contribution in [2.75, 3.05) is 18.1 Å². The van der Waals surface area contributed by atoms with Crippen LogP contribution in [-0.2, 0) is 17.8 Å². The van der Waals surface area contributed by atoms with Crippen molar-refractivity contribution in [3.05, 3.63) is 90.3 Å². The van der Waals surface area contributed by atoms with Gasteiger partial charge in [-0.1, -0.05) is 49.4 Å². The van der Waals surface area contributed by atoms with Gasteiger partial charge in [-0.25, -0.2) is 4.98 Å². The molecule has 1 atom stereocenters. The molecular formula is C27H27N3O2. The topological polar surface area (TPSA) is 47.4 Å². The number of para-hydroxylation sites is 3. The normalized spacial score (nSPS) is 16.1. The Balaban J connectivity index is 1.37. The number of benzene rings is 3. The number of carbonyl (C=O) groups is 1. The number of carbonyl (C=O) groups excluding carboxylic acids is 1. The predicted octanol–water partition coefficient (Wildman–Crippen LogP) is 5.20. The van der Waals surface area contributed by atoms with Gasteiger partial charge in [0.15, 0.2) is 0 Å². The van der Waals surface area contributed by atoms with Crippen LogP contribution in [0.3, 0.4) is 0 Å². The minimum Gasteiger partial charge on any atom is -0.492 e. The third-order valence-electron chi connectivity index (χ3n) is 6.16. The van der Waals surface area contributed by atoms with E-state index < -0.39 is 0 Å². The van der Waals surface area contributed by atoms with E-state index in [0.717, 1.165) is 34.7 Å². The molecule has 32 heavy (non-hydrogen) atoms. The molecule has 0 spiro atoms. The summed E-state index contributed by atoms with van der Waals surface area (Å²) in [6, 6.07) is 26.3. The molecule has 162 valence electrons. The van der Waals surface area contributed by atoms with Gasteiger partial charge in [-0.05, 0) is 48.4 Å². The van der Waals surface area contributed by atoms with Crippen LogP contribution in [-0.4, -0.2) is 28.6 Å². The van der Waals surface area contributed by atoms with E-state index in [4.69, 9.17) is 9.72 Å². The number of imidazole rings is 1. The average Bonchev–Trinajstić information content (AvgIpc) is 3.41. The van der Waals surface area contributed by atoms with Gasteiger partial charge in [-0.3, -0.25) is 4.79 Å². The molecule has 0 N–H and O–H groups in total. The monoisotopic (exact) mass is 425 g/mol. The third kappa shape index (κ3) is 3.98. The molecule has 0 saturated carbocycles. The molecule has 1 aliphatic rings. The number of hydrogen-bond donors (Lipinski definition) is 0. The maximum Gasteiger partial charge on any atom is 0.227 e. The summed E-state index contributed by atoms with van der Waals surface area (Å²) in [5.74, 6) is 2.04. The Bertz CT molecular complexity index is 1210. The van der Waals surface area contributed by atoms with Gasteiger partial charge in [-0.2, -0.15) is 0 Å². The Labute approximate surface area is 188 Å². The van der Waals surface area contributed by atoms with Crippen LogP contribution in [0.5, 0.6) is 5.75 Å². The van der Waals surface area contributed by atoms with E-state index in [-0.39, 0.29) is 11.8 Å².